The van der Waals surface area contributed by atoms with E-state index in [1.54, 1.807) is 6.92 Å². The SMILES string of the molecule is C=C(C)C(=O)OOCCC[Si](C)(OCC)OCC. The second-order valence-electron chi connectivity index (χ2n) is 4.08. The van der Waals surface area contributed by atoms with Gasteiger partial charge in [-0.2, -0.15) is 4.89 Å². The molecule has 0 spiro atoms. The Morgan fingerprint density at radius 1 is 1.22 bits per heavy atom. The molecule has 0 saturated carbocycles. The average Bonchev–Trinajstić information content (AvgIpc) is 2.28. The monoisotopic (exact) mass is 276 g/mol. The normalized spacial score (nSPS) is 11.3. The molecule has 5 nitrogen and oxygen atoms in total. The Kier molecular flexibility index (Phi) is 8.91. The van der Waals surface area contributed by atoms with Gasteiger partial charge in [0.05, 0.1) is 6.61 Å². The van der Waals surface area contributed by atoms with E-state index in [0.717, 1.165) is 12.5 Å². The van der Waals surface area contributed by atoms with Gasteiger partial charge in [-0.05, 0) is 39.8 Å². The Labute approximate surface area is 110 Å². The maximum atomic E-state index is 11.0. The van der Waals surface area contributed by atoms with Crippen molar-refractivity contribution in [2.24, 2.45) is 0 Å². The van der Waals surface area contributed by atoms with Crippen LogP contribution in [0.25, 0.3) is 0 Å². The summed E-state index contributed by atoms with van der Waals surface area (Å²) < 4.78 is 11.4. The lowest BCUT2D eigenvalue weighted by Gasteiger charge is -2.25. The van der Waals surface area contributed by atoms with Gasteiger partial charge in [0.2, 0.25) is 0 Å². The van der Waals surface area contributed by atoms with Gasteiger partial charge in [-0.15, -0.1) is 0 Å². The van der Waals surface area contributed by atoms with Gasteiger partial charge < -0.3 is 8.85 Å². The third-order valence-electron chi connectivity index (χ3n) is 2.24. The van der Waals surface area contributed by atoms with Crippen LogP contribution in [0.1, 0.15) is 27.2 Å². The minimum absolute atomic E-state index is 0.317. The van der Waals surface area contributed by atoms with Gasteiger partial charge in [0.15, 0.2) is 0 Å². The molecule has 6 heteroatoms. The van der Waals surface area contributed by atoms with E-state index < -0.39 is 14.5 Å². The van der Waals surface area contributed by atoms with Crippen LogP contribution in [0.4, 0.5) is 0 Å². The number of hydrogen-bond donors (Lipinski definition) is 0. The van der Waals surface area contributed by atoms with Crippen molar-refractivity contribution in [3.63, 3.8) is 0 Å². The zero-order chi connectivity index (χ0) is 14.0. The fraction of sp³-hybridized carbons (Fsp3) is 0.750. The first kappa shape index (κ1) is 17.3. The predicted molar refractivity (Wildman–Crippen MR) is 71.2 cm³/mol. The first-order valence-corrected chi connectivity index (χ1v) is 8.74. The van der Waals surface area contributed by atoms with Gasteiger partial charge in [0.25, 0.3) is 0 Å². The van der Waals surface area contributed by atoms with Crippen molar-refractivity contribution in [2.75, 3.05) is 19.8 Å². The Morgan fingerprint density at radius 2 is 1.78 bits per heavy atom. The molecule has 0 rings (SSSR count). The molecule has 0 saturated heterocycles. The van der Waals surface area contributed by atoms with E-state index >= 15 is 0 Å². The van der Waals surface area contributed by atoms with E-state index in [1.165, 1.54) is 0 Å². The van der Waals surface area contributed by atoms with Crippen molar-refractivity contribution in [3.8, 4) is 0 Å². The molecule has 0 atom stereocenters. The van der Waals surface area contributed by atoms with Gasteiger partial charge >= 0.3 is 14.5 Å². The highest BCUT2D eigenvalue weighted by atomic mass is 28.4. The summed E-state index contributed by atoms with van der Waals surface area (Å²) in [6.07, 6.45) is 0.728. The van der Waals surface area contributed by atoms with E-state index in [1.807, 2.05) is 20.4 Å². The van der Waals surface area contributed by atoms with Crippen molar-refractivity contribution in [1.29, 1.82) is 0 Å². The number of hydrogen-bond acceptors (Lipinski definition) is 5. The lowest BCUT2D eigenvalue weighted by molar-refractivity contribution is -0.268. The smallest absolute Gasteiger partial charge is 0.368 e. The topological polar surface area (TPSA) is 54.0 Å². The summed E-state index contributed by atoms with van der Waals surface area (Å²) in [6, 6.07) is 0.805. The second kappa shape index (κ2) is 9.27. The number of rotatable bonds is 10. The van der Waals surface area contributed by atoms with Crippen molar-refractivity contribution in [1.82, 2.24) is 0 Å². The third kappa shape index (κ3) is 7.60. The van der Waals surface area contributed by atoms with Crippen molar-refractivity contribution < 1.29 is 23.4 Å². The van der Waals surface area contributed by atoms with Gasteiger partial charge in [-0.3, -0.25) is 4.89 Å². The largest absolute Gasteiger partial charge is 0.395 e. The molecule has 0 bridgehead atoms. The van der Waals surface area contributed by atoms with Crippen LogP contribution in [0.3, 0.4) is 0 Å². The third-order valence-corrected chi connectivity index (χ3v) is 5.30. The van der Waals surface area contributed by atoms with Crippen molar-refractivity contribution in [2.45, 2.75) is 39.8 Å². The molecule has 0 unspecified atom stereocenters. The zero-order valence-electron chi connectivity index (χ0n) is 11.8. The standard InChI is InChI=1S/C12H24O5Si/c1-6-15-18(5,16-7-2)10-8-9-14-17-12(13)11(3)4/h3,6-10H2,1-2,4-5H3. The first-order valence-electron chi connectivity index (χ1n) is 6.22. The summed E-state index contributed by atoms with van der Waals surface area (Å²) >= 11 is 0. The minimum Gasteiger partial charge on any atom is -0.395 e. The van der Waals surface area contributed by atoms with Gasteiger partial charge in [-0.1, -0.05) is 6.58 Å². The van der Waals surface area contributed by atoms with E-state index in [0.29, 0.717) is 25.4 Å². The van der Waals surface area contributed by atoms with Crippen LogP contribution in [-0.2, 0) is 23.4 Å². The zero-order valence-corrected chi connectivity index (χ0v) is 12.8. The molecule has 0 aliphatic rings. The van der Waals surface area contributed by atoms with Crippen LogP contribution in [0.2, 0.25) is 12.6 Å². The first-order chi connectivity index (χ1) is 8.45. The summed E-state index contributed by atoms with van der Waals surface area (Å²) in [5, 5.41) is 0. The van der Waals surface area contributed by atoms with Gasteiger partial charge in [0, 0.05) is 18.8 Å². The summed E-state index contributed by atoms with van der Waals surface area (Å²) in [5.74, 6) is -0.537. The average molecular weight is 276 g/mol. The molecule has 0 aliphatic heterocycles. The molecule has 0 aliphatic carbocycles. The molecular weight excluding hydrogens is 252 g/mol. The molecule has 0 aromatic rings. The van der Waals surface area contributed by atoms with Crippen LogP contribution in [-0.4, -0.2) is 34.4 Å². The van der Waals surface area contributed by atoms with E-state index in [9.17, 15) is 4.79 Å². The number of carbonyl (C=O) groups is 1. The molecule has 0 heterocycles. The lowest BCUT2D eigenvalue weighted by atomic mass is 10.4. The maximum Gasteiger partial charge on any atom is 0.368 e. The summed E-state index contributed by atoms with van der Waals surface area (Å²) in [6.45, 7) is 12.6. The lowest BCUT2D eigenvalue weighted by Crippen LogP contribution is -2.38. The molecule has 0 radical (unpaired) electrons. The van der Waals surface area contributed by atoms with Crippen LogP contribution < -0.4 is 0 Å². The summed E-state index contributed by atoms with van der Waals surface area (Å²) in [4.78, 5) is 20.4. The predicted octanol–water partition coefficient (Wildman–Crippen LogP) is 2.57. The van der Waals surface area contributed by atoms with Crippen molar-refractivity contribution >= 4 is 14.5 Å². The Bertz CT molecular complexity index is 261. The van der Waals surface area contributed by atoms with Crippen LogP contribution in [0.15, 0.2) is 12.2 Å². The summed E-state index contributed by atoms with van der Waals surface area (Å²) in [5.41, 5.74) is 0.317. The molecule has 18 heavy (non-hydrogen) atoms. The van der Waals surface area contributed by atoms with E-state index in [4.69, 9.17) is 13.7 Å². The highest BCUT2D eigenvalue weighted by Gasteiger charge is 2.29. The quantitative estimate of drug-likeness (QED) is 0.202. The van der Waals surface area contributed by atoms with Gasteiger partial charge in [0.1, 0.15) is 0 Å². The maximum absolute atomic E-state index is 11.0. The fourth-order valence-electron chi connectivity index (χ4n) is 1.42. The molecule has 0 amide bonds. The molecule has 0 N–H and O–H groups in total. The fourth-order valence-corrected chi connectivity index (χ4v) is 3.80. The molecule has 0 fully saturated rings. The Hall–Kier alpha value is -0.693. The Balaban J connectivity index is 3.80. The molecular formula is C12H24O5Si. The van der Waals surface area contributed by atoms with E-state index in [-0.39, 0.29) is 0 Å². The summed E-state index contributed by atoms with van der Waals surface area (Å²) in [7, 11) is -2.09. The van der Waals surface area contributed by atoms with Crippen LogP contribution in [0.5, 0.6) is 0 Å². The molecule has 0 aromatic carbocycles. The minimum atomic E-state index is -2.09. The van der Waals surface area contributed by atoms with Gasteiger partial charge in [-0.25, -0.2) is 4.79 Å². The highest BCUT2D eigenvalue weighted by molar-refractivity contribution is 6.66. The highest BCUT2D eigenvalue weighted by Crippen LogP contribution is 2.15. The van der Waals surface area contributed by atoms with Crippen LogP contribution >= 0.6 is 0 Å². The second-order valence-corrected chi connectivity index (χ2v) is 7.42. The number of carbonyl (C=O) groups excluding carboxylic acids is 1. The Morgan fingerprint density at radius 3 is 2.22 bits per heavy atom. The van der Waals surface area contributed by atoms with Crippen molar-refractivity contribution in [3.05, 3.63) is 12.2 Å². The molecule has 0 aromatic heterocycles. The van der Waals surface area contributed by atoms with E-state index in [2.05, 4.69) is 11.5 Å². The molecule has 106 valence electrons. The van der Waals surface area contributed by atoms with Crippen LogP contribution in [0, 0.1) is 0 Å².